The Kier molecular flexibility index (Phi) is 4.39. The Labute approximate surface area is 140 Å². The van der Waals surface area contributed by atoms with Crippen molar-refractivity contribution >= 4 is 27.5 Å². The highest BCUT2D eigenvalue weighted by Gasteiger charge is 2.68. The van der Waals surface area contributed by atoms with Crippen molar-refractivity contribution in [2.75, 3.05) is 0 Å². The zero-order chi connectivity index (χ0) is 18.3. The molecule has 0 unspecified atom stereocenters. The number of nitriles is 1. The minimum Gasteiger partial charge on any atom is -0.327 e. The monoisotopic (exact) mass is 379 g/mol. The molecule has 0 bridgehead atoms. The number of nitrogens with one attached hydrogen (secondary N) is 2. The number of alkyl halides is 3. The van der Waals surface area contributed by atoms with Crippen LogP contribution in [0.2, 0.25) is 5.02 Å². The third kappa shape index (κ3) is 2.75. The summed E-state index contributed by atoms with van der Waals surface area (Å²) in [5.41, 5.74) is -5.12. The van der Waals surface area contributed by atoms with Crippen LogP contribution in [0.3, 0.4) is 0 Å². The van der Waals surface area contributed by atoms with E-state index in [4.69, 9.17) is 16.9 Å². The van der Waals surface area contributed by atoms with E-state index >= 15 is 0 Å². The number of sulfonamides is 1. The Morgan fingerprint density at radius 1 is 1.29 bits per heavy atom. The highest BCUT2D eigenvalue weighted by molar-refractivity contribution is 7.89. The van der Waals surface area contributed by atoms with E-state index in [1.165, 1.54) is 10.8 Å². The van der Waals surface area contributed by atoms with Gasteiger partial charge in [-0.15, -0.1) is 0 Å². The fraction of sp³-hybridized carbons (Fsp3) is 0.231. The van der Waals surface area contributed by atoms with Crippen molar-refractivity contribution in [2.24, 2.45) is 0 Å². The highest BCUT2D eigenvalue weighted by Crippen LogP contribution is 2.41. The lowest BCUT2D eigenvalue weighted by Crippen LogP contribution is -2.64. The standard InChI is InChI=1S/C13H9ClF3N3O3S/c1-7-10(6-18)12(11(21)19-7,13(15,16)17)20-24(22,23)9-4-2-8(14)3-5-9/h2-5,20H,1H3,(H,19,21)/t12-/m0/s1. The first-order valence-corrected chi connectivity index (χ1v) is 8.11. The second-order valence-corrected chi connectivity index (χ2v) is 6.99. The van der Waals surface area contributed by atoms with Crippen LogP contribution in [0.5, 0.6) is 0 Å². The van der Waals surface area contributed by atoms with Crippen molar-refractivity contribution in [3.63, 3.8) is 0 Å². The van der Waals surface area contributed by atoms with Crippen LogP contribution in [0, 0.1) is 11.3 Å². The molecule has 0 spiro atoms. The van der Waals surface area contributed by atoms with Gasteiger partial charge in [0.25, 0.3) is 5.91 Å². The molecular weight excluding hydrogens is 371 g/mol. The summed E-state index contributed by atoms with van der Waals surface area (Å²) in [5.74, 6) is -1.69. The van der Waals surface area contributed by atoms with Crippen LogP contribution >= 0.6 is 11.6 Å². The number of allylic oxidation sites excluding steroid dienone is 1. The summed E-state index contributed by atoms with van der Waals surface area (Å²) >= 11 is 5.61. The molecule has 0 saturated heterocycles. The summed E-state index contributed by atoms with van der Waals surface area (Å²) in [6.45, 7) is 1.07. The lowest BCUT2D eigenvalue weighted by atomic mass is 9.92. The number of carbonyl (C=O) groups is 1. The van der Waals surface area contributed by atoms with E-state index in [1.54, 1.807) is 0 Å². The van der Waals surface area contributed by atoms with Gasteiger partial charge in [0.2, 0.25) is 15.6 Å². The molecule has 1 aromatic rings. The van der Waals surface area contributed by atoms with Crippen molar-refractivity contribution in [1.29, 1.82) is 5.26 Å². The predicted molar refractivity (Wildman–Crippen MR) is 77.0 cm³/mol. The molecule has 6 nitrogen and oxygen atoms in total. The van der Waals surface area contributed by atoms with Crippen LogP contribution in [0.1, 0.15) is 6.92 Å². The van der Waals surface area contributed by atoms with E-state index in [1.807, 2.05) is 5.32 Å². The third-order valence-electron chi connectivity index (χ3n) is 3.34. The molecule has 0 aromatic heterocycles. The smallest absolute Gasteiger partial charge is 0.327 e. The van der Waals surface area contributed by atoms with E-state index in [-0.39, 0.29) is 10.7 Å². The maximum atomic E-state index is 13.6. The quantitative estimate of drug-likeness (QED) is 0.837. The van der Waals surface area contributed by atoms with Gasteiger partial charge in [-0.1, -0.05) is 11.6 Å². The second-order valence-electron chi connectivity index (χ2n) is 4.87. The Morgan fingerprint density at radius 3 is 2.29 bits per heavy atom. The summed E-state index contributed by atoms with van der Waals surface area (Å²) in [7, 11) is -4.78. The first-order chi connectivity index (χ1) is 11.0. The number of halogens is 4. The number of benzene rings is 1. The molecular formula is C13H9ClF3N3O3S. The minimum absolute atomic E-state index is 0.173. The molecule has 1 heterocycles. The number of nitrogens with zero attached hydrogens (tertiary/aromatic N) is 1. The molecule has 2 N–H and O–H groups in total. The van der Waals surface area contributed by atoms with Crippen LogP contribution in [0.4, 0.5) is 13.2 Å². The predicted octanol–water partition coefficient (Wildman–Crippen LogP) is 1.85. The molecule has 1 aromatic carbocycles. The molecule has 24 heavy (non-hydrogen) atoms. The molecule has 0 radical (unpaired) electrons. The van der Waals surface area contributed by atoms with Gasteiger partial charge < -0.3 is 5.32 Å². The Bertz CT molecular complexity index is 872. The Hall–Kier alpha value is -2.09. The zero-order valence-corrected chi connectivity index (χ0v) is 13.5. The van der Waals surface area contributed by atoms with Gasteiger partial charge >= 0.3 is 6.18 Å². The molecule has 0 aliphatic carbocycles. The number of carbonyl (C=O) groups excluding carboxylic acids is 1. The van der Waals surface area contributed by atoms with Crippen LogP contribution in [0.15, 0.2) is 40.4 Å². The van der Waals surface area contributed by atoms with Crippen molar-refractivity contribution in [1.82, 2.24) is 10.0 Å². The molecule has 0 fully saturated rings. The average molecular weight is 380 g/mol. The van der Waals surface area contributed by atoms with Crippen LogP contribution < -0.4 is 10.0 Å². The highest BCUT2D eigenvalue weighted by atomic mass is 35.5. The van der Waals surface area contributed by atoms with E-state index in [2.05, 4.69) is 0 Å². The zero-order valence-electron chi connectivity index (χ0n) is 11.9. The largest absolute Gasteiger partial charge is 0.421 e. The third-order valence-corrected chi connectivity index (χ3v) is 5.06. The average Bonchev–Trinajstić information content (AvgIpc) is 2.69. The van der Waals surface area contributed by atoms with Crippen molar-refractivity contribution in [3.05, 3.63) is 40.6 Å². The first-order valence-electron chi connectivity index (χ1n) is 6.25. The fourth-order valence-corrected chi connectivity index (χ4v) is 3.64. The number of amides is 1. The molecule has 11 heteroatoms. The summed E-state index contributed by atoms with van der Waals surface area (Å²) < 4.78 is 66.7. The van der Waals surface area contributed by atoms with Gasteiger partial charge in [-0.25, -0.2) is 8.42 Å². The lowest BCUT2D eigenvalue weighted by Gasteiger charge is -2.30. The first kappa shape index (κ1) is 18.3. The molecule has 2 rings (SSSR count). The van der Waals surface area contributed by atoms with E-state index in [0.717, 1.165) is 31.2 Å². The molecule has 0 saturated carbocycles. The SMILES string of the molecule is CC1=C(C#N)[C@@](NS(=O)(=O)c2ccc(Cl)cc2)(C(F)(F)F)C(=O)N1. The van der Waals surface area contributed by atoms with E-state index < -0.39 is 38.1 Å². The van der Waals surface area contributed by atoms with Crippen LogP contribution in [-0.2, 0) is 14.8 Å². The summed E-state index contributed by atoms with van der Waals surface area (Å²) in [4.78, 5) is 11.4. The maximum Gasteiger partial charge on any atom is 0.421 e. The fourth-order valence-electron chi connectivity index (χ4n) is 2.19. The van der Waals surface area contributed by atoms with E-state index in [9.17, 15) is 26.4 Å². The van der Waals surface area contributed by atoms with E-state index in [0.29, 0.717) is 0 Å². The van der Waals surface area contributed by atoms with Crippen molar-refractivity contribution in [3.8, 4) is 6.07 Å². The van der Waals surface area contributed by atoms with Gasteiger partial charge in [-0.3, -0.25) is 4.79 Å². The van der Waals surface area contributed by atoms with Crippen LogP contribution in [0.25, 0.3) is 0 Å². The number of hydrogen-bond acceptors (Lipinski definition) is 4. The van der Waals surface area contributed by atoms with Gasteiger partial charge in [0.15, 0.2) is 0 Å². The summed E-state index contributed by atoms with van der Waals surface area (Å²) in [5, 5.41) is 11.0. The normalized spacial score (nSPS) is 21.6. The summed E-state index contributed by atoms with van der Waals surface area (Å²) in [6, 6.07) is 5.53. The molecule has 1 aliphatic heterocycles. The molecule has 128 valence electrons. The minimum atomic E-state index is -5.38. The van der Waals surface area contributed by atoms with Crippen molar-refractivity contribution in [2.45, 2.75) is 23.5 Å². The maximum absolute atomic E-state index is 13.6. The Morgan fingerprint density at radius 2 is 1.83 bits per heavy atom. The van der Waals surface area contributed by atoms with Crippen molar-refractivity contribution < 1.29 is 26.4 Å². The van der Waals surface area contributed by atoms with Gasteiger partial charge in [0, 0.05) is 10.7 Å². The van der Waals surface area contributed by atoms with Gasteiger partial charge in [-0.05, 0) is 31.2 Å². The topological polar surface area (TPSA) is 99.1 Å². The lowest BCUT2D eigenvalue weighted by molar-refractivity contribution is -0.183. The molecule has 1 aliphatic rings. The van der Waals surface area contributed by atoms with Gasteiger partial charge in [0.1, 0.15) is 0 Å². The summed E-state index contributed by atoms with van der Waals surface area (Å²) in [6.07, 6.45) is -5.38. The van der Waals surface area contributed by atoms with Crippen LogP contribution in [-0.4, -0.2) is 26.0 Å². The number of hydrogen-bond donors (Lipinski definition) is 2. The van der Waals surface area contributed by atoms with Gasteiger partial charge in [0.05, 0.1) is 16.5 Å². The van der Waals surface area contributed by atoms with Gasteiger partial charge in [-0.2, -0.15) is 23.2 Å². The number of rotatable bonds is 3. The molecule has 1 amide bonds. The molecule has 1 atom stereocenters. The second kappa shape index (κ2) is 5.77. The Balaban J connectivity index is 2.63.